The summed E-state index contributed by atoms with van der Waals surface area (Å²) in [5.74, 6) is 1.21. The van der Waals surface area contributed by atoms with E-state index in [2.05, 4.69) is 80.6 Å². The van der Waals surface area contributed by atoms with Gasteiger partial charge in [-0.3, -0.25) is 9.88 Å². The molecule has 0 saturated carbocycles. The van der Waals surface area contributed by atoms with Crippen molar-refractivity contribution in [1.29, 1.82) is 0 Å². The van der Waals surface area contributed by atoms with Gasteiger partial charge in [0.2, 0.25) is 10.0 Å². The van der Waals surface area contributed by atoms with Crippen LogP contribution in [0.25, 0.3) is 11.0 Å². The van der Waals surface area contributed by atoms with E-state index in [0.29, 0.717) is 37.1 Å². The van der Waals surface area contributed by atoms with Crippen LogP contribution in [0.4, 0.5) is 0 Å². The van der Waals surface area contributed by atoms with Gasteiger partial charge in [0.25, 0.3) is 0 Å². The van der Waals surface area contributed by atoms with Gasteiger partial charge in [-0.05, 0) is 86.2 Å². The lowest BCUT2D eigenvalue weighted by Gasteiger charge is -2.40. The highest BCUT2D eigenvalue weighted by Crippen LogP contribution is 2.31. The van der Waals surface area contributed by atoms with Crippen molar-refractivity contribution in [2.75, 3.05) is 52.5 Å². The topological polar surface area (TPSA) is 83.8 Å². The van der Waals surface area contributed by atoms with Crippen molar-refractivity contribution in [3.8, 4) is 0 Å². The van der Waals surface area contributed by atoms with E-state index in [1.165, 1.54) is 11.1 Å². The summed E-state index contributed by atoms with van der Waals surface area (Å²) in [5, 5.41) is 0.739. The number of pyridine rings is 1. The zero-order valence-electron chi connectivity index (χ0n) is 31.4. The molecule has 3 aromatic carbocycles. The zero-order chi connectivity index (χ0) is 37.4. The minimum Gasteiger partial charge on any atom is -0.380 e. The van der Waals surface area contributed by atoms with Crippen molar-refractivity contribution in [1.82, 2.24) is 28.6 Å². The summed E-state index contributed by atoms with van der Waals surface area (Å²) in [7, 11) is -3.80. The second-order valence-corrected chi connectivity index (χ2v) is 16.7. The molecule has 6 rings (SSSR count). The molecule has 2 aromatic heterocycles. The van der Waals surface area contributed by atoms with Gasteiger partial charge in [0.1, 0.15) is 11.3 Å². The molecule has 11 heteroatoms. The van der Waals surface area contributed by atoms with Crippen molar-refractivity contribution in [3.63, 3.8) is 0 Å². The summed E-state index contributed by atoms with van der Waals surface area (Å²) in [6, 6.07) is 28.1. The molecule has 1 fully saturated rings. The van der Waals surface area contributed by atoms with Gasteiger partial charge in [-0.25, -0.2) is 13.4 Å². The number of nitrogens with zero attached hydrogens (tertiary/aromatic N) is 6. The van der Waals surface area contributed by atoms with E-state index < -0.39 is 10.0 Å². The van der Waals surface area contributed by atoms with Gasteiger partial charge in [0.05, 0.1) is 29.3 Å². The SMILES string of the molecule is CCOC[C@H](CC(C)C)N(CCCN1CCN(C(c2ccccc2)c2ccc(Cl)cc2)CC1)S(=O)(=O)c1ccc(Cn2c(C)nc3cnccc32)cc1. The molecular formula is C42H53ClN6O3S. The Morgan fingerprint density at radius 2 is 1.60 bits per heavy atom. The molecule has 0 N–H and O–H groups in total. The first kappa shape index (κ1) is 39.1. The minimum atomic E-state index is -3.80. The van der Waals surface area contributed by atoms with E-state index in [4.69, 9.17) is 16.3 Å². The third-order valence-corrected chi connectivity index (χ3v) is 12.4. The number of sulfonamides is 1. The van der Waals surface area contributed by atoms with E-state index in [1.54, 1.807) is 28.8 Å². The standard InChI is InChI=1S/C42H53ClN6O3S/c1-5-52-31-38(28-32(2)3)49(53(50,51)39-18-12-34(13-19-39)30-48-33(4)45-40-29-44-21-20-41(40)48)23-9-22-46-24-26-47(27-25-46)42(35-10-7-6-8-11-35)36-14-16-37(43)17-15-36/h6-8,10-21,29,32,38,42H,5,9,22-28,30-31H2,1-4H3/t38-,42?/m0/s1. The Hall–Kier alpha value is -3.64. The highest BCUT2D eigenvalue weighted by Gasteiger charge is 2.33. The predicted molar refractivity (Wildman–Crippen MR) is 214 cm³/mol. The molecule has 282 valence electrons. The lowest BCUT2D eigenvalue weighted by molar-refractivity contribution is 0.0831. The number of rotatable bonds is 17. The maximum atomic E-state index is 14.5. The van der Waals surface area contributed by atoms with Crippen LogP contribution in [0.3, 0.4) is 0 Å². The molecule has 53 heavy (non-hydrogen) atoms. The summed E-state index contributed by atoms with van der Waals surface area (Å²) in [4.78, 5) is 14.2. The van der Waals surface area contributed by atoms with Gasteiger partial charge in [-0.1, -0.05) is 80.0 Å². The third-order valence-electron chi connectivity index (χ3n) is 10.2. The van der Waals surface area contributed by atoms with Crippen LogP contribution in [0.1, 0.15) is 62.2 Å². The number of halogens is 1. The molecule has 5 aromatic rings. The highest BCUT2D eigenvalue weighted by atomic mass is 35.5. The molecule has 3 heterocycles. The van der Waals surface area contributed by atoms with Gasteiger partial charge >= 0.3 is 0 Å². The van der Waals surface area contributed by atoms with Gasteiger partial charge in [-0.2, -0.15) is 4.31 Å². The number of hydrogen-bond acceptors (Lipinski definition) is 7. The Kier molecular flexibility index (Phi) is 13.4. The molecule has 0 amide bonds. The van der Waals surface area contributed by atoms with E-state index in [-0.39, 0.29) is 12.1 Å². The first-order valence-corrected chi connectivity index (χ1v) is 20.7. The fourth-order valence-electron chi connectivity index (χ4n) is 7.54. The summed E-state index contributed by atoms with van der Waals surface area (Å²) in [6.45, 7) is 14.7. The van der Waals surface area contributed by atoms with Gasteiger partial charge in [0.15, 0.2) is 0 Å². The monoisotopic (exact) mass is 756 g/mol. The van der Waals surface area contributed by atoms with Gasteiger partial charge in [0, 0.05) is 63.1 Å². The maximum absolute atomic E-state index is 14.5. The van der Waals surface area contributed by atoms with Crippen molar-refractivity contribution in [3.05, 3.63) is 125 Å². The normalized spacial score (nSPS) is 15.8. The molecule has 1 aliphatic heterocycles. The van der Waals surface area contributed by atoms with Crippen LogP contribution in [0, 0.1) is 12.8 Å². The van der Waals surface area contributed by atoms with E-state index >= 15 is 0 Å². The Balaban J connectivity index is 1.14. The minimum absolute atomic E-state index is 0.151. The first-order chi connectivity index (χ1) is 25.6. The fourth-order valence-corrected chi connectivity index (χ4v) is 9.33. The Morgan fingerprint density at radius 3 is 2.28 bits per heavy atom. The lowest BCUT2D eigenvalue weighted by Crippen LogP contribution is -2.49. The van der Waals surface area contributed by atoms with Crippen LogP contribution >= 0.6 is 11.6 Å². The summed E-state index contributed by atoms with van der Waals surface area (Å²) in [6.07, 6.45) is 5.00. The van der Waals surface area contributed by atoms with Crippen LogP contribution < -0.4 is 0 Å². The molecule has 2 atom stereocenters. The largest absolute Gasteiger partial charge is 0.380 e. The van der Waals surface area contributed by atoms with Crippen molar-refractivity contribution in [2.24, 2.45) is 5.92 Å². The van der Waals surface area contributed by atoms with Gasteiger partial charge in [-0.15, -0.1) is 0 Å². The van der Waals surface area contributed by atoms with E-state index in [9.17, 15) is 8.42 Å². The van der Waals surface area contributed by atoms with Gasteiger partial charge < -0.3 is 14.2 Å². The molecule has 1 unspecified atom stereocenters. The molecule has 9 nitrogen and oxygen atoms in total. The summed E-state index contributed by atoms with van der Waals surface area (Å²) in [5.41, 5.74) is 5.36. The molecular weight excluding hydrogens is 704 g/mol. The quantitative estimate of drug-likeness (QED) is 0.0963. The number of benzene rings is 3. The van der Waals surface area contributed by atoms with Crippen molar-refractivity contribution >= 4 is 32.7 Å². The lowest BCUT2D eigenvalue weighted by atomic mass is 9.96. The molecule has 0 radical (unpaired) electrons. The Morgan fingerprint density at radius 1 is 0.906 bits per heavy atom. The highest BCUT2D eigenvalue weighted by molar-refractivity contribution is 7.89. The smallest absolute Gasteiger partial charge is 0.243 e. The molecule has 0 spiro atoms. The van der Waals surface area contributed by atoms with Crippen LogP contribution in [0.2, 0.25) is 5.02 Å². The van der Waals surface area contributed by atoms with Crippen molar-refractivity contribution in [2.45, 2.75) is 64.1 Å². The number of aryl methyl sites for hydroxylation is 1. The summed E-state index contributed by atoms with van der Waals surface area (Å²) < 4.78 is 38.7. The van der Waals surface area contributed by atoms with Crippen LogP contribution in [0.15, 0.2) is 102 Å². The number of fused-ring (bicyclic) bond motifs is 1. The zero-order valence-corrected chi connectivity index (χ0v) is 33.0. The van der Waals surface area contributed by atoms with E-state index in [0.717, 1.165) is 73.0 Å². The number of hydrogen-bond donors (Lipinski definition) is 0. The Bertz CT molecular complexity index is 2000. The summed E-state index contributed by atoms with van der Waals surface area (Å²) >= 11 is 6.25. The Labute approximate surface area is 320 Å². The number of aromatic nitrogens is 3. The average molecular weight is 757 g/mol. The van der Waals surface area contributed by atoms with E-state index in [1.807, 2.05) is 44.2 Å². The molecule has 1 aliphatic rings. The number of piperazine rings is 1. The van der Waals surface area contributed by atoms with Crippen LogP contribution in [-0.2, 0) is 21.3 Å². The second-order valence-electron chi connectivity index (χ2n) is 14.4. The molecule has 0 bridgehead atoms. The third kappa shape index (κ3) is 9.73. The number of ether oxygens (including phenoxy) is 1. The van der Waals surface area contributed by atoms with Crippen molar-refractivity contribution < 1.29 is 13.2 Å². The molecule has 1 saturated heterocycles. The predicted octanol–water partition coefficient (Wildman–Crippen LogP) is 7.68. The second kappa shape index (κ2) is 18.1. The number of imidazole rings is 1. The van der Waals surface area contributed by atoms with Crippen LogP contribution in [-0.4, -0.2) is 95.6 Å². The average Bonchev–Trinajstić information content (AvgIpc) is 3.48. The first-order valence-electron chi connectivity index (χ1n) is 18.9. The van der Waals surface area contributed by atoms with Crippen LogP contribution in [0.5, 0.6) is 0 Å². The maximum Gasteiger partial charge on any atom is 0.243 e. The fraction of sp³-hybridized carbons (Fsp3) is 0.429. The molecule has 0 aliphatic carbocycles.